The highest BCUT2D eigenvalue weighted by Crippen LogP contribution is 2.50. The number of esters is 1. The van der Waals surface area contributed by atoms with Crippen LogP contribution in [0.25, 0.3) is 0 Å². The summed E-state index contributed by atoms with van der Waals surface area (Å²) in [6, 6.07) is 0. The first-order valence-corrected chi connectivity index (χ1v) is 23.8. The third kappa shape index (κ3) is 8.36. The van der Waals surface area contributed by atoms with E-state index in [4.69, 9.17) is 32.8 Å². The Morgan fingerprint density at radius 2 is 1.67 bits per heavy atom. The SMILES string of the molecule is CO[C@H]1C[C@H](C2/C(C)=C/C[C@@H]3C[C@@H](C[C@]4(C=C[C@H](C)[C@@H](C)O4)O3)OC(=O)[C@@H]3C=C(C)[C@@H](O[Si](C)(C)C(C)(C)C)[C@H]4OC/C(=C\C=C\[C@@H]2C)[C@]43O)O[C@@H](C)[C@@H]1C. The van der Waals surface area contributed by atoms with Gasteiger partial charge >= 0.3 is 5.97 Å². The Morgan fingerprint density at radius 3 is 2.35 bits per heavy atom. The van der Waals surface area contributed by atoms with Crippen LogP contribution in [0.1, 0.15) is 94.9 Å². The fraction of sp³-hybridized carbons (Fsp3) is 0.756. The molecule has 3 fully saturated rings. The zero-order valence-corrected chi connectivity index (χ0v) is 36.8. The number of allylic oxidation sites excluding steroid dienone is 3. The van der Waals surface area contributed by atoms with E-state index in [2.05, 4.69) is 93.6 Å². The number of hydrogen-bond donors (Lipinski definition) is 1. The summed E-state index contributed by atoms with van der Waals surface area (Å²) in [7, 11) is -0.507. The van der Waals surface area contributed by atoms with Crippen molar-refractivity contribution in [2.24, 2.45) is 29.6 Å². The lowest BCUT2D eigenvalue weighted by Crippen LogP contribution is -2.60. The summed E-state index contributed by atoms with van der Waals surface area (Å²) in [4.78, 5) is 14.6. The Hall–Kier alpha value is -1.89. The minimum Gasteiger partial charge on any atom is -0.462 e. The van der Waals surface area contributed by atoms with Crippen LogP contribution in [0.3, 0.4) is 0 Å². The number of fused-ring (bicyclic) bond motifs is 2. The fourth-order valence-electron chi connectivity index (χ4n) is 9.45. The van der Waals surface area contributed by atoms with Gasteiger partial charge < -0.3 is 38.0 Å². The molecular formula is C45H70O9Si. The van der Waals surface area contributed by atoms with Crippen LogP contribution in [-0.2, 0) is 37.6 Å². The molecule has 5 heterocycles. The highest BCUT2D eigenvalue weighted by Gasteiger charge is 2.61. The van der Waals surface area contributed by atoms with E-state index in [-0.39, 0.29) is 65.8 Å². The number of methoxy groups -OCH3 is 1. The molecule has 1 aliphatic carbocycles. The van der Waals surface area contributed by atoms with Crippen LogP contribution in [-0.4, -0.2) is 93.3 Å². The molecular weight excluding hydrogens is 713 g/mol. The maximum absolute atomic E-state index is 14.6. The summed E-state index contributed by atoms with van der Waals surface area (Å²) in [5, 5.41) is 13.0. The molecule has 55 heavy (non-hydrogen) atoms. The molecule has 6 rings (SSSR count). The zero-order chi connectivity index (χ0) is 40.2. The molecule has 3 saturated heterocycles. The number of rotatable bonds is 4. The second-order valence-electron chi connectivity index (χ2n) is 19.2. The normalized spacial score (nSPS) is 46.8. The molecule has 0 aromatic carbocycles. The maximum Gasteiger partial charge on any atom is 0.316 e. The molecule has 15 atom stereocenters. The minimum absolute atomic E-state index is 0.0506. The van der Waals surface area contributed by atoms with Crippen molar-refractivity contribution < 1.29 is 42.7 Å². The first-order valence-electron chi connectivity index (χ1n) is 20.9. The molecule has 1 unspecified atom stereocenters. The van der Waals surface area contributed by atoms with E-state index in [0.29, 0.717) is 24.8 Å². The Bertz CT molecular complexity index is 1570. The lowest BCUT2D eigenvalue weighted by Gasteiger charge is -2.48. The van der Waals surface area contributed by atoms with Gasteiger partial charge in [0.1, 0.15) is 23.7 Å². The topological polar surface area (TPSA) is 102 Å². The molecule has 1 N–H and O–H groups in total. The predicted molar refractivity (Wildman–Crippen MR) is 217 cm³/mol. The summed E-state index contributed by atoms with van der Waals surface area (Å²) in [6.07, 6.45) is 14.8. The van der Waals surface area contributed by atoms with E-state index >= 15 is 0 Å². The molecule has 0 amide bonds. The van der Waals surface area contributed by atoms with Crippen LogP contribution in [0.4, 0.5) is 0 Å². The van der Waals surface area contributed by atoms with Crippen LogP contribution in [0.2, 0.25) is 18.1 Å². The van der Waals surface area contributed by atoms with Crippen LogP contribution >= 0.6 is 0 Å². The van der Waals surface area contributed by atoms with E-state index in [1.807, 2.05) is 31.2 Å². The van der Waals surface area contributed by atoms with Gasteiger partial charge in [-0.3, -0.25) is 4.79 Å². The van der Waals surface area contributed by atoms with Crippen molar-refractivity contribution in [3.63, 3.8) is 0 Å². The average molecular weight is 783 g/mol. The molecule has 0 saturated carbocycles. The van der Waals surface area contributed by atoms with Crippen molar-refractivity contribution >= 4 is 14.3 Å². The summed E-state index contributed by atoms with van der Waals surface area (Å²) in [6.45, 7) is 26.2. The van der Waals surface area contributed by atoms with Crippen molar-refractivity contribution in [3.8, 4) is 0 Å². The van der Waals surface area contributed by atoms with Gasteiger partial charge in [-0.2, -0.15) is 0 Å². The quantitative estimate of drug-likeness (QED) is 0.171. The summed E-state index contributed by atoms with van der Waals surface area (Å²) in [5.41, 5.74) is 1.07. The van der Waals surface area contributed by atoms with Crippen LogP contribution in [0, 0.1) is 29.6 Å². The van der Waals surface area contributed by atoms with Gasteiger partial charge in [-0.1, -0.05) is 83.6 Å². The van der Waals surface area contributed by atoms with Gasteiger partial charge in [0.05, 0.1) is 43.2 Å². The molecule has 0 radical (unpaired) electrons. The second-order valence-corrected chi connectivity index (χ2v) is 24.0. The summed E-state index contributed by atoms with van der Waals surface area (Å²) in [5.74, 6) is -1.81. The summed E-state index contributed by atoms with van der Waals surface area (Å²) >= 11 is 0. The smallest absolute Gasteiger partial charge is 0.316 e. The molecule has 10 heteroatoms. The Balaban J connectivity index is 1.44. The van der Waals surface area contributed by atoms with E-state index in [0.717, 1.165) is 12.0 Å². The van der Waals surface area contributed by atoms with Crippen molar-refractivity contribution in [2.75, 3.05) is 13.7 Å². The van der Waals surface area contributed by atoms with Crippen molar-refractivity contribution in [1.29, 1.82) is 0 Å². The number of ether oxygens (including phenoxy) is 6. The number of hydrogen-bond acceptors (Lipinski definition) is 9. The van der Waals surface area contributed by atoms with Gasteiger partial charge in [0, 0.05) is 44.1 Å². The van der Waals surface area contributed by atoms with Crippen LogP contribution < -0.4 is 0 Å². The molecule has 2 bridgehead atoms. The lowest BCUT2D eigenvalue weighted by molar-refractivity contribution is -0.292. The number of carbonyl (C=O) groups excluding carboxylic acids is 1. The molecule has 0 aromatic rings. The van der Waals surface area contributed by atoms with E-state index < -0.39 is 49.9 Å². The van der Waals surface area contributed by atoms with E-state index in [9.17, 15) is 9.90 Å². The Morgan fingerprint density at radius 1 is 0.945 bits per heavy atom. The molecule has 5 aliphatic heterocycles. The maximum atomic E-state index is 14.6. The van der Waals surface area contributed by atoms with Gasteiger partial charge in [0.2, 0.25) is 0 Å². The van der Waals surface area contributed by atoms with Gasteiger partial charge in [0.25, 0.3) is 0 Å². The van der Waals surface area contributed by atoms with Crippen LogP contribution in [0.5, 0.6) is 0 Å². The molecule has 9 nitrogen and oxygen atoms in total. The van der Waals surface area contributed by atoms with Gasteiger partial charge in [-0.05, 0) is 75.4 Å². The third-order valence-electron chi connectivity index (χ3n) is 14.3. The number of aliphatic hydroxyl groups is 1. The molecule has 1 spiro atoms. The van der Waals surface area contributed by atoms with Crippen molar-refractivity contribution in [1.82, 2.24) is 0 Å². The third-order valence-corrected chi connectivity index (χ3v) is 18.8. The monoisotopic (exact) mass is 782 g/mol. The zero-order valence-electron chi connectivity index (χ0n) is 35.8. The summed E-state index contributed by atoms with van der Waals surface area (Å²) < 4.78 is 46.2. The van der Waals surface area contributed by atoms with Gasteiger partial charge in [-0.15, -0.1) is 0 Å². The van der Waals surface area contributed by atoms with E-state index in [1.165, 1.54) is 5.57 Å². The second kappa shape index (κ2) is 16.0. The fourth-order valence-corrected chi connectivity index (χ4v) is 10.8. The molecule has 0 aromatic heterocycles. The largest absolute Gasteiger partial charge is 0.462 e. The molecule has 308 valence electrons. The first-order chi connectivity index (χ1) is 25.7. The van der Waals surface area contributed by atoms with Crippen molar-refractivity contribution in [3.05, 3.63) is 59.3 Å². The highest BCUT2D eigenvalue weighted by molar-refractivity contribution is 6.74. The Labute approximate surface area is 332 Å². The standard InChI is InChI=1S/C45H70O9Si/c1-26-19-20-44(52-31(26)6)24-35-22-34(53-44)18-17-28(3)39(38-23-37(48-11)30(5)32(7)50-38)27(2)15-14-16-33-25-49-41-40(54-55(12,13)43(8,9)10)29(4)21-36(42(46)51-35)45(33,41)47/h14-17,19-21,26-27,30-32,34-41,47H,18,22-25H2,1-13H3/b15-14+,28-17+,33-16+/t26-,27-,30-,31+,32-,34+,35-,36-,37-,38+,39?,40+,41+,44-,45+/m0/s1. The average Bonchev–Trinajstić information content (AvgIpc) is 3.43. The Kier molecular flexibility index (Phi) is 12.5. The van der Waals surface area contributed by atoms with Gasteiger partial charge in [0.15, 0.2) is 14.1 Å². The number of carbonyl (C=O) groups is 1. The first kappa shape index (κ1) is 42.7. The van der Waals surface area contributed by atoms with Crippen LogP contribution in [0.15, 0.2) is 59.3 Å². The predicted octanol–water partition coefficient (Wildman–Crippen LogP) is 8.39. The van der Waals surface area contributed by atoms with Crippen molar-refractivity contribution in [2.45, 2.75) is 173 Å². The van der Waals surface area contributed by atoms with Gasteiger partial charge in [-0.25, -0.2) is 0 Å². The minimum atomic E-state index is -2.31. The van der Waals surface area contributed by atoms with E-state index in [1.54, 1.807) is 7.11 Å². The lowest BCUT2D eigenvalue weighted by atomic mass is 9.71. The molecule has 6 aliphatic rings. The highest BCUT2D eigenvalue weighted by atomic mass is 28.4.